The highest BCUT2D eigenvalue weighted by atomic mass is 15.2. The summed E-state index contributed by atoms with van der Waals surface area (Å²) in [4.78, 5) is 23.3. The van der Waals surface area contributed by atoms with E-state index in [1.807, 2.05) is 0 Å². The molecule has 1 aromatic heterocycles. The minimum Gasteiger partial charge on any atom is -0.311 e. The molecule has 0 saturated carbocycles. The van der Waals surface area contributed by atoms with E-state index in [0.717, 1.165) is 50.8 Å². The van der Waals surface area contributed by atoms with Gasteiger partial charge in [-0.25, -0.2) is 15.0 Å². The Labute approximate surface area is 658 Å². The molecular formula is C105H106BN5. The van der Waals surface area contributed by atoms with Crippen molar-refractivity contribution >= 4 is 143 Å². The number of hydrogen-bond donors (Lipinski definition) is 0. The van der Waals surface area contributed by atoms with Gasteiger partial charge in [0.1, 0.15) is 0 Å². The Kier molecular flexibility index (Phi) is 15.6. The minimum absolute atomic E-state index is 0.175. The van der Waals surface area contributed by atoms with E-state index >= 15 is 0 Å². The van der Waals surface area contributed by atoms with Gasteiger partial charge in [-0.1, -0.05) is 300 Å². The lowest BCUT2D eigenvalue weighted by Gasteiger charge is -2.46. The Morgan fingerprint density at radius 1 is 0.216 bits per heavy atom. The maximum atomic E-state index is 6.02. The molecule has 2 aliphatic heterocycles. The summed E-state index contributed by atoms with van der Waals surface area (Å²) in [6, 6.07) is 81.8. The lowest BCUT2D eigenvalue weighted by atomic mass is 9.32. The van der Waals surface area contributed by atoms with Gasteiger partial charge in [-0.15, -0.1) is 0 Å². The first-order valence-corrected chi connectivity index (χ1v) is 40.5. The van der Waals surface area contributed by atoms with Gasteiger partial charge in [0.05, 0.1) is 0 Å². The number of aromatic nitrogens is 3. The van der Waals surface area contributed by atoms with Crippen LogP contribution in [0.1, 0.15) is 211 Å². The van der Waals surface area contributed by atoms with Crippen LogP contribution in [0.2, 0.25) is 0 Å². The molecule has 0 radical (unpaired) electrons. The average molecular weight is 1450 g/mol. The molecule has 0 spiro atoms. The van der Waals surface area contributed by atoms with Crippen molar-refractivity contribution in [3.8, 4) is 34.2 Å². The first kappa shape index (κ1) is 72.1. The van der Waals surface area contributed by atoms with Gasteiger partial charge in [-0.2, -0.15) is 0 Å². The van der Waals surface area contributed by atoms with Gasteiger partial charge in [-0.3, -0.25) is 0 Å². The van der Waals surface area contributed by atoms with Gasteiger partial charge >= 0.3 is 0 Å². The van der Waals surface area contributed by atoms with Crippen molar-refractivity contribution in [2.45, 2.75) is 209 Å². The Hall–Kier alpha value is -10.4. The fraction of sp³-hybridized carbons (Fsp3) is 0.305. The molecule has 5 nitrogen and oxygen atoms in total. The van der Waals surface area contributed by atoms with E-state index in [0.29, 0.717) is 17.5 Å². The molecule has 0 fully saturated rings. The van der Waals surface area contributed by atoms with E-state index in [4.69, 9.17) is 15.0 Å². The van der Waals surface area contributed by atoms with E-state index < -0.39 is 0 Å². The molecule has 0 bridgehead atoms. The predicted molar refractivity (Wildman–Crippen MR) is 482 cm³/mol. The SMILES string of the molecule is CC(C)(C)c1cc(-c2nc(-c3cc(C(C)(C)C)cc(C(C)(C)C)c3)nc(-c3cc4c5c(c3)N(c3cc(C(C)(C)C)cc(C(C)(C)C)c3)c3cc6c7cccc8cccc(c9cccc(c3B5c3c(cc5c%10cccc%11cccc(c%12cccc3c%125)c%11%10)N4c3cc(C(C)(C)C)cc(C(C)(C)C)c3)c96)c87)n2)cc(C(C)(C)C)c1. The summed E-state index contributed by atoms with van der Waals surface area (Å²) in [5, 5.41) is 20.3. The number of hydrogen-bond acceptors (Lipinski definition) is 5. The van der Waals surface area contributed by atoms with Gasteiger partial charge < -0.3 is 9.80 Å². The highest BCUT2D eigenvalue weighted by molar-refractivity contribution is 7.03. The lowest BCUT2D eigenvalue weighted by Crippen LogP contribution is -2.62. The number of rotatable bonds is 5. The third kappa shape index (κ3) is 11.6. The van der Waals surface area contributed by atoms with E-state index in [9.17, 15) is 0 Å². The summed E-state index contributed by atoms with van der Waals surface area (Å²) in [5.41, 5.74) is 22.0. The Bertz CT molecular complexity index is 6080. The van der Waals surface area contributed by atoms with Gasteiger partial charge in [0.25, 0.3) is 6.71 Å². The van der Waals surface area contributed by atoms with Crippen molar-refractivity contribution in [2.75, 3.05) is 9.80 Å². The van der Waals surface area contributed by atoms with Crippen molar-refractivity contribution in [3.63, 3.8) is 0 Å². The largest absolute Gasteiger partial charge is 0.311 e. The number of anilines is 6. The van der Waals surface area contributed by atoms with Gasteiger partial charge in [0.2, 0.25) is 0 Å². The Morgan fingerprint density at radius 3 is 0.721 bits per heavy atom. The molecule has 0 amide bonds. The second kappa shape index (κ2) is 24.1. The van der Waals surface area contributed by atoms with Crippen LogP contribution in [0.25, 0.3) is 120 Å². The van der Waals surface area contributed by atoms with Crippen molar-refractivity contribution in [1.82, 2.24) is 15.0 Å². The fourth-order valence-electron chi connectivity index (χ4n) is 18.3. The van der Waals surface area contributed by atoms with Crippen LogP contribution in [-0.2, 0) is 43.3 Å². The fourth-order valence-corrected chi connectivity index (χ4v) is 18.3. The third-order valence-electron chi connectivity index (χ3n) is 24.9. The van der Waals surface area contributed by atoms with Crippen molar-refractivity contribution in [3.05, 3.63) is 251 Å². The maximum absolute atomic E-state index is 6.02. The second-order valence-corrected chi connectivity index (χ2v) is 41.1. The smallest absolute Gasteiger partial charge is 0.253 e. The molecule has 0 N–H and O–H groups in total. The van der Waals surface area contributed by atoms with E-state index in [2.05, 4.69) is 382 Å². The molecule has 16 aromatic rings. The molecule has 6 heteroatoms. The third-order valence-corrected chi connectivity index (χ3v) is 24.9. The van der Waals surface area contributed by atoms with E-state index in [-0.39, 0.29) is 50.0 Å². The van der Waals surface area contributed by atoms with Crippen molar-refractivity contribution in [2.24, 2.45) is 0 Å². The molecule has 0 atom stereocenters. The van der Waals surface area contributed by atoms with Gasteiger partial charge in [0.15, 0.2) is 17.5 Å². The monoisotopic (exact) mass is 1450 g/mol. The van der Waals surface area contributed by atoms with Crippen LogP contribution < -0.4 is 26.2 Å². The minimum atomic E-state index is -0.312. The van der Waals surface area contributed by atoms with Crippen LogP contribution in [0.4, 0.5) is 34.1 Å². The topological polar surface area (TPSA) is 45.2 Å². The molecule has 3 heterocycles. The molecule has 554 valence electrons. The second-order valence-electron chi connectivity index (χ2n) is 41.1. The van der Waals surface area contributed by atoms with Gasteiger partial charge in [0, 0.05) is 50.8 Å². The summed E-state index contributed by atoms with van der Waals surface area (Å²) in [6.07, 6.45) is 0. The molecule has 18 rings (SSSR count). The summed E-state index contributed by atoms with van der Waals surface area (Å²) < 4.78 is 0. The van der Waals surface area contributed by atoms with Gasteiger partial charge in [-0.05, 0) is 263 Å². The average Bonchev–Trinajstić information content (AvgIpc) is 0.669. The molecule has 0 aliphatic carbocycles. The zero-order valence-electron chi connectivity index (χ0n) is 69.9. The summed E-state index contributed by atoms with van der Waals surface area (Å²) >= 11 is 0. The number of benzene rings is 15. The molecular weight excluding hydrogens is 1340 g/mol. The van der Waals surface area contributed by atoms with Crippen LogP contribution in [0.15, 0.2) is 206 Å². The van der Waals surface area contributed by atoms with E-state index in [1.165, 1.54) is 147 Å². The number of fused-ring (bicyclic) bond motifs is 10. The summed E-state index contributed by atoms with van der Waals surface area (Å²) in [6.45, 7) is 56.1. The molecule has 0 saturated heterocycles. The number of nitrogens with zero attached hydrogens (tertiary/aromatic N) is 5. The highest BCUT2D eigenvalue weighted by Crippen LogP contribution is 2.54. The summed E-state index contributed by atoms with van der Waals surface area (Å²) in [7, 11) is 0. The molecule has 0 unspecified atom stereocenters. The van der Waals surface area contributed by atoms with Crippen molar-refractivity contribution < 1.29 is 0 Å². The van der Waals surface area contributed by atoms with Crippen LogP contribution in [-0.4, -0.2) is 21.7 Å². The first-order valence-electron chi connectivity index (χ1n) is 40.5. The maximum Gasteiger partial charge on any atom is 0.253 e. The molecule has 111 heavy (non-hydrogen) atoms. The Morgan fingerprint density at radius 2 is 0.441 bits per heavy atom. The van der Waals surface area contributed by atoms with Crippen LogP contribution >= 0.6 is 0 Å². The quantitative estimate of drug-likeness (QED) is 0.0976. The first-order chi connectivity index (χ1) is 52.1. The summed E-state index contributed by atoms with van der Waals surface area (Å²) in [5.74, 6) is 1.90. The normalized spacial score (nSPS) is 14.1. The zero-order valence-corrected chi connectivity index (χ0v) is 69.9. The van der Waals surface area contributed by atoms with Crippen LogP contribution in [0.3, 0.4) is 0 Å². The van der Waals surface area contributed by atoms with Crippen molar-refractivity contribution in [1.29, 1.82) is 0 Å². The lowest BCUT2D eigenvalue weighted by molar-refractivity contribution is 0.568. The Balaban J connectivity index is 1.08. The standard InChI is InChI=1S/C105H106BN5/c1-98(2,3)64-43-61(44-65(49-64)99(4,5)6)95-107-96(62-45-66(100(7,8)9)50-67(46-62)101(10,11)12)109-97(108-95)63-47-84-94-85(48-63)111(73-55-70(104(19,20)21)52-71(56-73)105(22,23)24)87-58-83-79-38-28-34-60-32-26-36-75(89(60)79)77-40-30-42-81(91(77)83)93(87)106(94)92-80-41-29-39-76-74-35-25-31-59-33-27-37-78(88(59)74)82(90(76)80)57-86(92)110(84)72-53-68(102(13,14)15)51-69(54-72)103(16,17)18/h25-58H,1-24H3. The van der Waals surface area contributed by atoms with Crippen LogP contribution in [0.5, 0.6) is 0 Å². The van der Waals surface area contributed by atoms with E-state index in [1.54, 1.807) is 0 Å². The zero-order chi connectivity index (χ0) is 78.4. The molecule has 15 aromatic carbocycles. The molecule has 2 aliphatic rings. The van der Waals surface area contributed by atoms with Crippen LogP contribution in [0, 0.1) is 0 Å². The predicted octanol–water partition coefficient (Wildman–Crippen LogP) is 27.4. The highest BCUT2D eigenvalue weighted by Gasteiger charge is 2.48.